The molecule has 2 rings (SSSR count). The molecule has 7 heteroatoms. The van der Waals surface area contributed by atoms with E-state index in [1.807, 2.05) is 25.1 Å². The Morgan fingerprint density at radius 2 is 1.95 bits per heavy atom. The smallest absolute Gasteiger partial charge is 0.295 e. The number of nitrogens with one attached hydrogen (secondary N) is 1. The molecule has 110 valence electrons. The van der Waals surface area contributed by atoms with Crippen molar-refractivity contribution in [2.24, 2.45) is 0 Å². The van der Waals surface area contributed by atoms with Gasteiger partial charge in [-0.05, 0) is 36.8 Å². The van der Waals surface area contributed by atoms with Crippen LogP contribution in [0.3, 0.4) is 0 Å². The van der Waals surface area contributed by atoms with Crippen LogP contribution in [0.1, 0.15) is 18.5 Å². The average molecular weight is 418 g/mol. The number of hydrogen-bond donors (Lipinski definition) is 1. The fraction of sp³-hybridized carbons (Fsp3) is 0.143. The predicted molar refractivity (Wildman–Crippen MR) is 86.9 cm³/mol. The number of nitrogens with zero attached hydrogens (tertiary/aromatic N) is 1. The Morgan fingerprint density at radius 3 is 2.57 bits per heavy atom. The van der Waals surface area contributed by atoms with E-state index in [1.54, 1.807) is 0 Å². The lowest BCUT2D eigenvalue weighted by Crippen LogP contribution is -2.09. The molecule has 0 spiro atoms. The molecule has 0 aliphatic heterocycles. The van der Waals surface area contributed by atoms with Gasteiger partial charge >= 0.3 is 0 Å². The fourth-order valence-corrected chi connectivity index (χ4v) is 3.33. The molecule has 0 fully saturated rings. The molecular formula is C14H11Br2FN2O2. The van der Waals surface area contributed by atoms with Crippen LogP contribution in [0.2, 0.25) is 0 Å². The van der Waals surface area contributed by atoms with Gasteiger partial charge in [0.2, 0.25) is 0 Å². The first-order valence-corrected chi connectivity index (χ1v) is 7.62. The van der Waals surface area contributed by atoms with Crippen LogP contribution in [0.5, 0.6) is 0 Å². The molecule has 2 aromatic carbocycles. The van der Waals surface area contributed by atoms with Gasteiger partial charge in [-0.3, -0.25) is 10.1 Å². The lowest BCUT2D eigenvalue weighted by atomic mass is 10.1. The van der Waals surface area contributed by atoms with Crippen molar-refractivity contribution in [3.63, 3.8) is 0 Å². The normalized spacial score (nSPS) is 12.0. The molecule has 0 radical (unpaired) electrons. The summed E-state index contributed by atoms with van der Waals surface area (Å²) in [7, 11) is 0. The largest absolute Gasteiger partial charge is 0.373 e. The number of nitro groups is 1. The third-order valence-corrected chi connectivity index (χ3v) is 4.14. The Hall–Kier alpha value is -1.47. The Balaban J connectivity index is 2.31. The van der Waals surface area contributed by atoms with Gasteiger partial charge in [0.25, 0.3) is 5.69 Å². The maximum atomic E-state index is 13.1. The van der Waals surface area contributed by atoms with Gasteiger partial charge < -0.3 is 5.32 Å². The van der Waals surface area contributed by atoms with Crippen molar-refractivity contribution in [1.82, 2.24) is 0 Å². The third kappa shape index (κ3) is 3.79. The van der Waals surface area contributed by atoms with E-state index < -0.39 is 10.7 Å². The molecule has 0 aliphatic carbocycles. The molecule has 0 saturated carbocycles. The van der Waals surface area contributed by atoms with Crippen LogP contribution in [0.4, 0.5) is 15.8 Å². The molecule has 0 aromatic heterocycles. The van der Waals surface area contributed by atoms with E-state index in [9.17, 15) is 14.5 Å². The van der Waals surface area contributed by atoms with Crippen molar-refractivity contribution in [1.29, 1.82) is 0 Å². The van der Waals surface area contributed by atoms with Crippen LogP contribution in [-0.4, -0.2) is 4.92 Å². The molecule has 21 heavy (non-hydrogen) atoms. The summed E-state index contributed by atoms with van der Waals surface area (Å²) < 4.78 is 14.9. The summed E-state index contributed by atoms with van der Waals surface area (Å²) in [5.74, 6) is -0.635. The van der Waals surface area contributed by atoms with Gasteiger partial charge in [-0.15, -0.1) is 0 Å². The first-order valence-electron chi connectivity index (χ1n) is 6.04. The topological polar surface area (TPSA) is 55.2 Å². The average Bonchev–Trinajstić information content (AvgIpc) is 2.40. The second kappa shape index (κ2) is 6.53. The van der Waals surface area contributed by atoms with E-state index >= 15 is 0 Å². The fourth-order valence-electron chi connectivity index (χ4n) is 1.94. The van der Waals surface area contributed by atoms with Gasteiger partial charge in [-0.25, -0.2) is 4.39 Å². The quantitative estimate of drug-likeness (QED) is 0.532. The maximum absolute atomic E-state index is 13.1. The van der Waals surface area contributed by atoms with Crippen LogP contribution in [0, 0.1) is 15.9 Å². The summed E-state index contributed by atoms with van der Waals surface area (Å²) >= 11 is 6.83. The summed E-state index contributed by atoms with van der Waals surface area (Å²) in [6.45, 7) is 1.88. The lowest BCUT2D eigenvalue weighted by molar-refractivity contribution is -0.384. The second-order valence-corrected chi connectivity index (χ2v) is 6.22. The zero-order valence-corrected chi connectivity index (χ0v) is 14.1. The maximum Gasteiger partial charge on any atom is 0.295 e. The molecule has 0 bridgehead atoms. The Bertz CT molecular complexity index is 695. The van der Waals surface area contributed by atoms with Crippen LogP contribution in [-0.2, 0) is 0 Å². The second-order valence-electron chi connectivity index (χ2n) is 4.45. The first kappa shape index (κ1) is 15.9. The van der Waals surface area contributed by atoms with Gasteiger partial charge in [0, 0.05) is 15.0 Å². The Kier molecular flexibility index (Phi) is 4.95. The predicted octanol–water partition coefficient (Wildman–Crippen LogP) is 5.43. The molecule has 1 unspecified atom stereocenters. The highest BCUT2D eigenvalue weighted by atomic mass is 79.9. The highest BCUT2D eigenvalue weighted by Gasteiger charge is 2.18. The monoisotopic (exact) mass is 416 g/mol. The molecule has 0 aliphatic rings. The van der Waals surface area contributed by atoms with E-state index in [0.717, 1.165) is 20.6 Å². The number of anilines is 1. The molecule has 4 nitrogen and oxygen atoms in total. The molecular weight excluding hydrogens is 407 g/mol. The highest BCUT2D eigenvalue weighted by molar-refractivity contribution is 9.11. The molecule has 2 aromatic rings. The number of rotatable bonds is 4. The number of nitro benzene ring substituents is 1. The van der Waals surface area contributed by atoms with E-state index in [2.05, 4.69) is 37.2 Å². The highest BCUT2D eigenvalue weighted by Crippen LogP contribution is 2.32. The van der Waals surface area contributed by atoms with Gasteiger partial charge in [0.05, 0.1) is 11.0 Å². The molecule has 0 heterocycles. The van der Waals surface area contributed by atoms with Crippen LogP contribution in [0.15, 0.2) is 45.3 Å². The van der Waals surface area contributed by atoms with Crippen molar-refractivity contribution in [3.8, 4) is 0 Å². The van der Waals surface area contributed by atoms with Crippen molar-refractivity contribution < 1.29 is 9.31 Å². The Morgan fingerprint density at radius 1 is 1.24 bits per heavy atom. The van der Waals surface area contributed by atoms with Gasteiger partial charge in [0.1, 0.15) is 11.5 Å². The third-order valence-electron chi connectivity index (χ3n) is 2.96. The van der Waals surface area contributed by atoms with Crippen molar-refractivity contribution in [2.45, 2.75) is 13.0 Å². The SMILES string of the molecule is CC(Nc1ccc(F)cc1[N+](=O)[O-])c1ccc(Br)cc1Br. The van der Waals surface area contributed by atoms with Gasteiger partial charge in [0.15, 0.2) is 0 Å². The summed E-state index contributed by atoms with van der Waals surface area (Å²) in [6.07, 6.45) is 0. The summed E-state index contributed by atoms with van der Waals surface area (Å²) in [5, 5.41) is 14.0. The summed E-state index contributed by atoms with van der Waals surface area (Å²) in [5.41, 5.74) is 0.940. The minimum atomic E-state index is -0.635. The standard InChI is InChI=1S/C14H11Br2FN2O2/c1-8(11-4-2-9(15)6-12(11)16)18-13-5-3-10(17)7-14(13)19(20)21/h2-8,18H,1H3. The van der Waals surface area contributed by atoms with E-state index in [-0.39, 0.29) is 17.4 Å². The van der Waals surface area contributed by atoms with E-state index in [1.165, 1.54) is 12.1 Å². The Labute approximate surface area is 137 Å². The number of hydrogen-bond acceptors (Lipinski definition) is 3. The minimum absolute atomic E-state index is 0.184. The minimum Gasteiger partial charge on any atom is -0.373 e. The summed E-state index contributed by atoms with van der Waals surface area (Å²) in [6, 6.07) is 8.98. The zero-order chi connectivity index (χ0) is 15.6. The zero-order valence-electron chi connectivity index (χ0n) is 10.9. The number of benzene rings is 2. The van der Waals surface area contributed by atoms with Crippen molar-refractivity contribution in [3.05, 3.63) is 66.8 Å². The van der Waals surface area contributed by atoms with E-state index in [0.29, 0.717) is 0 Å². The van der Waals surface area contributed by atoms with Gasteiger partial charge in [-0.2, -0.15) is 0 Å². The molecule has 1 N–H and O–H groups in total. The molecule has 1 atom stereocenters. The lowest BCUT2D eigenvalue weighted by Gasteiger charge is -2.17. The first-order chi connectivity index (χ1) is 9.88. The van der Waals surface area contributed by atoms with Crippen molar-refractivity contribution >= 4 is 43.2 Å². The van der Waals surface area contributed by atoms with Gasteiger partial charge in [-0.1, -0.05) is 37.9 Å². The molecule has 0 saturated heterocycles. The van der Waals surface area contributed by atoms with Crippen molar-refractivity contribution in [2.75, 3.05) is 5.32 Å². The number of halogens is 3. The molecule has 0 amide bonds. The van der Waals surface area contributed by atoms with Crippen LogP contribution >= 0.6 is 31.9 Å². The van der Waals surface area contributed by atoms with Crippen LogP contribution < -0.4 is 5.32 Å². The summed E-state index contributed by atoms with van der Waals surface area (Å²) in [4.78, 5) is 10.4. The van der Waals surface area contributed by atoms with E-state index in [4.69, 9.17) is 0 Å². The van der Waals surface area contributed by atoms with Crippen LogP contribution in [0.25, 0.3) is 0 Å².